The molecule has 0 spiro atoms. The molecule has 0 saturated carbocycles. The molecular formula is H7BiSbSeTe. The van der Waals surface area contributed by atoms with E-state index in [-0.39, 0.29) is 50.6 Å². The van der Waals surface area contributed by atoms with Gasteiger partial charge in [-0.2, -0.15) is 0 Å². The molecule has 0 aromatic rings. The summed E-state index contributed by atoms with van der Waals surface area (Å²) in [5, 5.41) is 0. The van der Waals surface area contributed by atoms with E-state index < -0.39 is 0 Å². The summed E-state index contributed by atoms with van der Waals surface area (Å²) in [6.45, 7) is 0. The number of hydrogen-bond acceptors (Lipinski definition) is 0. The quantitative estimate of drug-likeness (QED) is 0.280. The fraction of sp³-hybridized carbons (Fsp3) is 0. The van der Waals surface area contributed by atoms with Crippen LogP contribution in [0.4, 0.5) is 0 Å². The van der Waals surface area contributed by atoms with Gasteiger partial charge in [0.05, 0.1) is 0 Å². The van der Waals surface area contributed by atoms with E-state index in [4.69, 9.17) is 0 Å². The first kappa shape index (κ1) is 15.7. The average molecular weight is 544 g/mol. The van der Waals surface area contributed by atoms with Crippen LogP contribution in [0.25, 0.3) is 0 Å². The van der Waals surface area contributed by atoms with Crippen LogP contribution in [0.15, 0.2) is 0 Å². The molecule has 29 valence electrons. The van der Waals surface area contributed by atoms with E-state index >= 15 is 0 Å². The Morgan fingerprint density at radius 1 is 1.25 bits per heavy atom. The van der Waals surface area contributed by atoms with E-state index in [1.54, 1.807) is 0 Å². The molecule has 0 fully saturated rings. The predicted octanol–water partition coefficient (Wildman–Crippen LogP) is -3.40. The first-order valence-corrected chi connectivity index (χ1v) is 6.36. The molecular weight excluding hydrogens is 537 g/mol. The van der Waals surface area contributed by atoms with Crippen molar-refractivity contribution in [2.24, 2.45) is 0 Å². The van der Waals surface area contributed by atoms with Gasteiger partial charge in [-0.25, -0.2) is 0 Å². The second kappa shape index (κ2) is 16.6. The van der Waals surface area contributed by atoms with Gasteiger partial charge in [-0.05, 0) is 0 Å². The van der Waals surface area contributed by atoms with Gasteiger partial charge in [-0.3, -0.25) is 0 Å². The Kier molecular flexibility index (Phi) is 65.5. The average Bonchev–Trinajstić information content (AvgIpc) is 1.00. The van der Waals surface area contributed by atoms with Gasteiger partial charge >= 0.3 is 83.5 Å². The van der Waals surface area contributed by atoms with Gasteiger partial charge < -0.3 is 0 Å². The van der Waals surface area contributed by atoms with Crippen molar-refractivity contribution in [2.45, 2.75) is 0 Å². The molecule has 0 aromatic heterocycles. The first-order valence-electron chi connectivity index (χ1n) is 0.183. The van der Waals surface area contributed by atoms with Gasteiger partial charge in [0, 0.05) is 0 Å². The van der Waals surface area contributed by atoms with Crippen LogP contribution in [0.5, 0.6) is 0 Å². The van der Waals surface area contributed by atoms with Crippen LogP contribution in [0, 0.1) is 0 Å². The third-order valence-electron chi connectivity index (χ3n) is 0. The van der Waals surface area contributed by atoms with E-state index in [0.717, 1.165) is 0 Å². The van der Waals surface area contributed by atoms with Crippen LogP contribution in [0.1, 0.15) is 0 Å². The zero-order valence-electron chi connectivity index (χ0n) is 2.27. The zero-order valence-corrected chi connectivity index (χ0v) is 16.0. The molecule has 0 aliphatic carbocycles. The molecule has 0 saturated heterocycles. The summed E-state index contributed by atoms with van der Waals surface area (Å²) >= 11 is 4.21. The summed E-state index contributed by atoms with van der Waals surface area (Å²) in [5.74, 6) is 0. The van der Waals surface area contributed by atoms with Crippen LogP contribution >= 0.6 is 0 Å². The summed E-state index contributed by atoms with van der Waals surface area (Å²) in [6, 6.07) is 0. The third-order valence-corrected chi connectivity index (χ3v) is 0. The van der Waals surface area contributed by atoms with Crippen LogP contribution in [-0.4, -0.2) is 83.5 Å². The van der Waals surface area contributed by atoms with Crippen molar-refractivity contribution in [3.05, 3.63) is 0 Å². The van der Waals surface area contributed by atoms with E-state index in [0.29, 0.717) is 0 Å². The standard InChI is InChI=1S/Bi.Sb.HSeTe.6H/c;;1-2;;;;;;/h;;1H;;;;;;. The number of hydrogen-bond donors (Lipinski definition) is 0. The first-order chi connectivity index (χ1) is 1.00. The SMILES string of the molecule is [BiH3].[SbH3].[SeH][Te]. The normalized spacial score (nSPS) is 1.50. The van der Waals surface area contributed by atoms with Crippen molar-refractivity contribution in [2.75, 3.05) is 0 Å². The molecule has 4 heavy (non-hydrogen) atoms. The summed E-state index contributed by atoms with van der Waals surface area (Å²) in [5.41, 5.74) is 0. The summed E-state index contributed by atoms with van der Waals surface area (Å²) < 4.78 is 0. The second-order valence-electron chi connectivity index (χ2n) is 0. The maximum absolute atomic E-state index is 2.32. The van der Waals surface area contributed by atoms with Crippen LogP contribution in [0.3, 0.4) is 0 Å². The van der Waals surface area contributed by atoms with Crippen LogP contribution in [-0.2, 0) is 0 Å². The Balaban J connectivity index is -0.00000000500. The molecule has 0 aliphatic heterocycles. The monoisotopic (exact) mass is 547 g/mol. The van der Waals surface area contributed by atoms with E-state index in [1.165, 1.54) is 0 Å². The van der Waals surface area contributed by atoms with Crippen molar-refractivity contribution in [3.8, 4) is 0 Å². The van der Waals surface area contributed by atoms with Crippen molar-refractivity contribution in [1.29, 1.82) is 0 Å². The molecule has 0 rings (SSSR count). The van der Waals surface area contributed by atoms with Gasteiger partial charge in [0.15, 0.2) is 0 Å². The van der Waals surface area contributed by atoms with Crippen molar-refractivity contribution in [3.63, 3.8) is 0 Å². The molecule has 1 radical (unpaired) electrons. The molecule has 0 atom stereocenters. The van der Waals surface area contributed by atoms with Crippen molar-refractivity contribution < 1.29 is 0 Å². The number of rotatable bonds is 0. The Labute approximate surface area is 81.8 Å². The zero-order chi connectivity index (χ0) is 2.00. The minimum atomic E-state index is 0. The molecule has 0 unspecified atom stereocenters. The topological polar surface area (TPSA) is 0 Å². The van der Waals surface area contributed by atoms with Gasteiger partial charge in [0.1, 0.15) is 0 Å². The summed E-state index contributed by atoms with van der Waals surface area (Å²) in [6.07, 6.45) is 0. The molecule has 0 bridgehead atoms. The Bertz CT molecular complexity index is 8.00. The van der Waals surface area contributed by atoms with Gasteiger partial charge in [0.25, 0.3) is 0 Å². The third kappa shape index (κ3) is 8.89. The summed E-state index contributed by atoms with van der Waals surface area (Å²) in [4.78, 5) is 0. The molecule has 4 heteroatoms. The fourth-order valence-corrected chi connectivity index (χ4v) is 0. The fourth-order valence-electron chi connectivity index (χ4n) is 0. The summed E-state index contributed by atoms with van der Waals surface area (Å²) in [7, 11) is 0. The Morgan fingerprint density at radius 2 is 1.25 bits per heavy atom. The van der Waals surface area contributed by atoms with E-state index in [9.17, 15) is 0 Å². The molecule has 0 aliphatic rings. The molecule has 0 nitrogen and oxygen atoms in total. The van der Waals surface area contributed by atoms with E-state index in [1.807, 2.05) is 20.1 Å². The van der Waals surface area contributed by atoms with Gasteiger partial charge in [-0.1, -0.05) is 0 Å². The molecule has 0 aromatic carbocycles. The van der Waals surface area contributed by atoms with Crippen LogP contribution in [0.2, 0.25) is 0 Å². The van der Waals surface area contributed by atoms with Crippen LogP contribution < -0.4 is 0 Å². The maximum atomic E-state index is 2.32. The Hall–Kier alpha value is 3.01. The van der Waals surface area contributed by atoms with Crippen molar-refractivity contribution in [1.82, 2.24) is 0 Å². The van der Waals surface area contributed by atoms with Crippen molar-refractivity contribution >= 4 is 83.5 Å². The second-order valence-corrected chi connectivity index (χ2v) is 0. The van der Waals surface area contributed by atoms with E-state index in [2.05, 4.69) is 12.8 Å². The van der Waals surface area contributed by atoms with Gasteiger partial charge in [0.2, 0.25) is 0 Å². The molecule has 0 amide bonds. The minimum absolute atomic E-state index is 0. The van der Waals surface area contributed by atoms with Gasteiger partial charge in [-0.15, -0.1) is 0 Å². The predicted molar refractivity (Wildman–Crippen MR) is 32.8 cm³/mol. The molecule has 0 heterocycles. The molecule has 0 N–H and O–H groups in total. The Morgan fingerprint density at radius 3 is 1.25 bits per heavy atom.